The molecule has 0 saturated heterocycles. The van der Waals surface area contributed by atoms with Crippen molar-refractivity contribution in [2.24, 2.45) is 0 Å². The van der Waals surface area contributed by atoms with Crippen molar-refractivity contribution < 1.29 is 12.8 Å². The third-order valence-electron chi connectivity index (χ3n) is 3.06. The van der Waals surface area contributed by atoms with Crippen molar-refractivity contribution in [1.29, 1.82) is 0 Å². The highest BCUT2D eigenvalue weighted by atomic mass is 32.2. The van der Waals surface area contributed by atoms with Gasteiger partial charge in [0.25, 0.3) is 0 Å². The Morgan fingerprint density at radius 1 is 1.36 bits per heavy atom. The van der Waals surface area contributed by atoms with Gasteiger partial charge in [-0.25, -0.2) is 27.0 Å². The molecule has 2 heterocycles. The molecule has 1 aromatic carbocycles. The lowest BCUT2D eigenvalue weighted by atomic mass is 10.2. The van der Waals surface area contributed by atoms with Gasteiger partial charge in [0.1, 0.15) is 10.8 Å². The molecule has 0 fully saturated rings. The van der Waals surface area contributed by atoms with Crippen molar-refractivity contribution in [3.63, 3.8) is 0 Å². The van der Waals surface area contributed by atoms with Crippen LogP contribution in [0.3, 0.4) is 0 Å². The summed E-state index contributed by atoms with van der Waals surface area (Å²) >= 11 is 1.31. The molecule has 22 heavy (non-hydrogen) atoms. The monoisotopic (exact) mass is 340 g/mol. The van der Waals surface area contributed by atoms with Crippen LogP contribution in [0.4, 0.5) is 4.39 Å². The molecule has 0 radical (unpaired) electrons. The van der Waals surface area contributed by atoms with Crippen molar-refractivity contribution in [2.75, 3.05) is 0 Å². The van der Waals surface area contributed by atoms with Gasteiger partial charge in [-0.2, -0.15) is 5.10 Å². The minimum atomic E-state index is -3.71. The Balaban J connectivity index is 1.78. The lowest BCUT2D eigenvalue weighted by Crippen LogP contribution is -2.23. The number of aryl methyl sites for hydroxylation is 2. The Bertz CT molecular complexity index is 915. The van der Waals surface area contributed by atoms with Gasteiger partial charge in [0.05, 0.1) is 23.3 Å². The van der Waals surface area contributed by atoms with Crippen molar-refractivity contribution in [3.05, 3.63) is 46.5 Å². The molecule has 3 rings (SSSR count). The number of sulfonamides is 1. The van der Waals surface area contributed by atoms with Crippen LogP contribution in [0, 0.1) is 19.7 Å². The molecule has 116 valence electrons. The molecule has 0 atom stereocenters. The molecule has 0 unspecified atom stereocenters. The Hall–Kier alpha value is -1.84. The second kappa shape index (κ2) is 5.41. The fourth-order valence-corrected chi connectivity index (χ4v) is 3.97. The minimum Gasteiger partial charge on any atom is -0.223 e. The lowest BCUT2D eigenvalue weighted by Gasteiger charge is -2.06. The average Bonchev–Trinajstić information content (AvgIpc) is 2.96. The van der Waals surface area contributed by atoms with E-state index in [0.717, 1.165) is 11.8 Å². The third-order valence-corrected chi connectivity index (χ3v) is 5.38. The molecule has 0 saturated carbocycles. The second-order valence-corrected chi connectivity index (χ2v) is 7.65. The summed E-state index contributed by atoms with van der Waals surface area (Å²) in [4.78, 5) is 5.00. The summed E-state index contributed by atoms with van der Waals surface area (Å²) in [5.41, 5.74) is 1.14. The van der Waals surface area contributed by atoms with Crippen molar-refractivity contribution in [2.45, 2.75) is 25.3 Å². The summed E-state index contributed by atoms with van der Waals surface area (Å²) in [6.07, 6.45) is 1.77. The fraction of sp³-hybridized carbons (Fsp3) is 0.231. The van der Waals surface area contributed by atoms with Gasteiger partial charge in [-0.3, -0.25) is 0 Å². The first-order valence-electron chi connectivity index (χ1n) is 6.43. The van der Waals surface area contributed by atoms with Gasteiger partial charge in [-0.05, 0) is 37.6 Å². The molecule has 0 spiro atoms. The molecule has 0 aliphatic carbocycles. The van der Waals surface area contributed by atoms with Crippen LogP contribution in [0.1, 0.15) is 16.3 Å². The normalized spacial score (nSPS) is 12.1. The lowest BCUT2D eigenvalue weighted by molar-refractivity contribution is 0.579. The zero-order chi connectivity index (χ0) is 15.9. The van der Waals surface area contributed by atoms with Crippen molar-refractivity contribution in [3.8, 4) is 0 Å². The average molecular weight is 340 g/mol. The molecular formula is C13H13FN4O2S2. The van der Waals surface area contributed by atoms with E-state index in [1.54, 1.807) is 10.7 Å². The number of rotatable bonds is 4. The Kier molecular flexibility index (Phi) is 3.71. The summed E-state index contributed by atoms with van der Waals surface area (Å²) in [6, 6.07) is 3.68. The summed E-state index contributed by atoms with van der Waals surface area (Å²) < 4.78 is 41.7. The van der Waals surface area contributed by atoms with Crippen LogP contribution in [0.2, 0.25) is 0 Å². The topological polar surface area (TPSA) is 76.4 Å². The van der Waals surface area contributed by atoms with E-state index in [2.05, 4.69) is 14.8 Å². The maximum Gasteiger partial charge on any atom is 0.240 e. The molecular weight excluding hydrogens is 327 g/mol. The molecule has 2 aromatic heterocycles. The summed E-state index contributed by atoms with van der Waals surface area (Å²) in [5.74, 6) is -0.435. The van der Waals surface area contributed by atoms with Crippen LogP contribution in [-0.4, -0.2) is 23.0 Å². The first kappa shape index (κ1) is 15.1. The maximum absolute atomic E-state index is 13.2. The number of nitrogens with zero attached hydrogens (tertiary/aromatic N) is 3. The highest BCUT2D eigenvalue weighted by molar-refractivity contribution is 7.89. The fourth-order valence-electron chi connectivity index (χ4n) is 1.95. The second-order valence-electron chi connectivity index (χ2n) is 4.84. The zero-order valence-corrected chi connectivity index (χ0v) is 13.5. The first-order valence-corrected chi connectivity index (χ1v) is 8.72. The van der Waals surface area contributed by atoms with Gasteiger partial charge in [-0.15, -0.1) is 0 Å². The van der Waals surface area contributed by atoms with Gasteiger partial charge in [-0.1, -0.05) is 11.3 Å². The Labute approximate surface area is 130 Å². The van der Waals surface area contributed by atoms with E-state index in [4.69, 9.17) is 0 Å². The summed E-state index contributed by atoms with van der Waals surface area (Å²) in [5, 5.41) is 4.85. The number of nitrogens with one attached hydrogen (secondary N) is 1. The molecule has 6 nitrogen and oxygen atoms in total. The van der Waals surface area contributed by atoms with E-state index in [0.29, 0.717) is 9.97 Å². The van der Waals surface area contributed by atoms with E-state index in [-0.39, 0.29) is 17.0 Å². The van der Waals surface area contributed by atoms with E-state index < -0.39 is 15.8 Å². The van der Waals surface area contributed by atoms with Crippen LogP contribution in [0.5, 0.6) is 0 Å². The number of hydrogen-bond donors (Lipinski definition) is 1. The van der Waals surface area contributed by atoms with Crippen LogP contribution in [0.25, 0.3) is 4.96 Å². The van der Waals surface area contributed by atoms with E-state index in [1.807, 2.05) is 6.92 Å². The smallest absolute Gasteiger partial charge is 0.223 e. The van der Waals surface area contributed by atoms with Crippen molar-refractivity contribution in [1.82, 2.24) is 19.3 Å². The number of hydrogen-bond acceptors (Lipinski definition) is 5. The number of aromatic nitrogens is 3. The predicted octanol–water partition coefficient (Wildman–Crippen LogP) is 2.03. The van der Waals surface area contributed by atoms with E-state index >= 15 is 0 Å². The number of benzene rings is 1. The third kappa shape index (κ3) is 2.87. The van der Waals surface area contributed by atoms with Gasteiger partial charge in [0, 0.05) is 0 Å². The minimum absolute atomic E-state index is 0.0311. The largest absolute Gasteiger partial charge is 0.240 e. The summed E-state index contributed by atoms with van der Waals surface area (Å²) in [7, 11) is -3.71. The van der Waals surface area contributed by atoms with Crippen LogP contribution in [0.15, 0.2) is 29.3 Å². The zero-order valence-electron chi connectivity index (χ0n) is 11.9. The molecule has 0 bridgehead atoms. The van der Waals surface area contributed by atoms with Gasteiger partial charge in [0.15, 0.2) is 0 Å². The highest BCUT2D eigenvalue weighted by Gasteiger charge is 2.16. The molecule has 3 aromatic rings. The molecule has 0 aliphatic rings. The number of fused-ring (bicyclic) bond motifs is 1. The van der Waals surface area contributed by atoms with Crippen molar-refractivity contribution >= 4 is 26.3 Å². The molecule has 9 heteroatoms. The van der Waals surface area contributed by atoms with Gasteiger partial charge in [0.2, 0.25) is 15.0 Å². The quantitative estimate of drug-likeness (QED) is 0.788. The van der Waals surface area contributed by atoms with Gasteiger partial charge >= 0.3 is 0 Å². The first-order chi connectivity index (χ1) is 10.3. The highest BCUT2D eigenvalue weighted by Crippen LogP contribution is 2.17. The molecule has 0 aliphatic heterocycles. The maximum atomic E-state index is 13.2. The van der Waals surface area contributed by atoms with Gasteiger partial charge < -0.3 is 0 Å². The summed E-state index contributed by atoms with van der Waals surface area (Å²) in [6.45, 7) is 3.44. The van der Waals surface area contributed by atoms with E-state index in [9.17, 15) is 12.8 Å². The standard InChI is InChI=1S/C13H13FN4O2S2/c1-8-5-10(3-4-11(8)14)22(19,20)15-6-12-17-18-7-9(2)16-13(18)21-12/h3-5,7,15H,6H2,1-2H3. The van der Waals surface area contributed by atoms with Crippen LogP contribution in [-0.2, 0) is 16.6 Å². The molecule has 0 amide bonds. The van der Waals surface area contributed by atoms with Crippen LogP contribution < -0.4 is 4.72 Å². The molecule has 1 N–H and O–H groups in total. The Morgan fingerprint density at radius 3 is 2.82 bits per heavy atom. The SMILES string of the molecule is Cc1cn2nc(CNS(=O)(=O)c3ccc(F)c(C)c3)sc2n1. The number of halogens is 1. The predicted molar refractivity (Wildman–Crippen MR) is 80.8 cm³/mol. The van der Waals surface area contributed by atoms with Crippen LogP contribution >= 0.6 is 11.3 Å². The van der Waals surface area contributed by atoms with E-state index in [1.165, 1.54) is 30.4 Å². The Morgan fingerprint density at radius 2 is 2.14 bits per heavy atom. The number of imidazole rings is 1.